The number of hydrogen-bond acceptors (Lipinski definition) is 5. The quantitative estimate of drug-likeness (QED) is 0.603. The summed E-state index contributed by atoms with van der Waals surface area (Å²) < 4.78 is 0. The summed E-state index contributed by atoms with van der Waals surface area (Å²) >= 11 is 0. The van der Waals surface area contributed by atoms with Gasteiger partial charge in [0.25, 0.3) is 0 Å². The van der Waals surface area contributed by atoms with Crippen LogP contribution in [0.15, 0.2) is 0 Å². The molecule has 0 aromatic carbocycles. The van der Waals surface area contributed by atoms with Gasteiger partial charge in [-0.15, -0.1) is 0 Å². The lowest BCUT2D eigenvalue weighted by Gasteiger charge is -2.31. The van der Waals surface area contributed by atoms with Crippen LogP contribution in [-0.4, -0.2) is 33.5 Å². The Hall–Kier alpha value is -1.14. The first-order chi connectivity index (χ1) is 6.62. The van der Waals surface area contributed by atoms with E-state index in [1.165, 1.54) is 27.7 Å². The second-order valence-electron chi connectivity index (χ2n) is 4.60. The number of hydrogen-bond donors (Lipinski definition) is 3. The fraction of sp³-hybridized carbons (Fsp3) is 0.800. The van der Waals surface area contributed by atoms with Crippen molar-refractivity contribution in [1.29, 1.82) is 10.5 Å². The van der Waals surface area contributed by atoms with Crippen molar-refractivity contribution in [3.05, 3.63) is 0 Å². The minimum absolute atomic E-state index is 0.909. The lowest BCUT2D eigenvalue weighted by molar-refractivity contribution is 0.0215. The van der Waals surface area contributed by atoms with Gasteiger partial charge in [0.1, 0.15) is 12.1 Å². The van der Waals surface area contributed by atoms with Crippen molar-refractivity contribution < 1.29 is 10.2 Å². The Balaban J connectivity index is 4.72. The molecule has 84 valence electrons. The molecule has 3 N–H and O–H groups in total. The topological polar surface area (TPSA) is 100 Å². The Morgan fingerprint density at radius 1 is 0.933 bits per heavy atom. The van der Waals surface area contributed by atoms with E-state index in [-0.39, 0.29) is 0 Å². The van der Waals surface area contributed by atoms with E-state index >= 15 is 0 Å². The van der Waals surface area contributed by atoms with Crippen molar-refractivity contribution in [3.63, 3.8) is 0 Å². The molecule has 0 saturated heterocycles. The van der Waals surface area contributed by atoms with Gasteiger partial charge in [0, 0.05) is 0 Å². The van der Waals surface area contributed by atoms with Gasteiger partial charge in [-0.3, -0.25) is 5.32 Å². The van der Waals surface area contributed by atoms with Crippen LogP contribution in [0.3, 0.4) is 0 Å². The predicted molar refractivity (Wildman–Crippen MR) is 54.5 cm³/mol. The molecular formula is C10H17N3O2. The summed E-state index contributed by atoms with van der Waals surface area (Å²) in [6, 6.07) is 1.89. The van der Waals surface area contributed by atoms with Crippen LogP contribution in [0.25, 0.3) is 0 Å². The summed E-state index contributed by atoms with van der Waals surface area (Å²) in [6.45, 7) is 5.86. The molecule has 0 aliphatic heterocycles. The summed E-state index contributed by atoms with van der Waals surface area (Å²) in [5.41, 5.74) is -2.54. The zero-order valence-electron chi connectivity index (χ0n) is 9.44. The standard InChI is InChI=1S/C10H17N3O2/c1-9(2,14)7(5-11)13-8(6-12)10(3,4)15/h7-8,13-15H,1-4H3. The first-order valence-corrected chi connectivity index (χ1v) is 4.63. The summed E-state index contributed by atoms with van der Waals surface area (Å²) in [6.07, 6.45) is 0. The van der Waals surface area contributed by atoms with Gasteiger partial charge in [0.05, 0.1) is 23.3 Å². The fourth-order valence-electron chi connectivity index (χ4n) is 0.965. The lowest BCUT2D eigenvalue weighted by atomic mass is 9.95. The van der Waals surface area contributed by atoms with Crippen LogP contribution in [0.4, 0.5) is 0 Å². The van der Waals surface area contributed by atoms with Crippen LogP contribution in [0.5, 0.6) is 0 Å². The maximum atomic E-state index is 9.61. The normalized spacial score (nSPS) is 16.3. The molecule has 0 saturated carbocycles. The molecule has 0 heterocycles. The molecule has 15 heavy (non-hydrogen) atoms. The molecule has 0 rings (SSSR count). The van der Waals surface area contributed by atoms with Gasteiger partial charge >= 0.3 is 0 Å². The van der Waals surface area contributed by atoms with Crippen LogP contribution in [-0.2, 0) is 0 Å². The molecule has 2 atom stereocenters. The van der Waals surface area contributed by atoms with Gasteiger partial charge < -0.3 is 10.2 Å². The summed E-state index contributed by atoms with van der Waals surface area (Å²) in [5, 5.41) is 39.5. The maximum absolute atomic E-state index is 9.61. The second-order valence-corrected chi connectivity index (χ2v) is 4.60. The molecule has 0 bridgehead atoms. The zero-order valence-corrected chi connectivity index (χ0v) is 9.44. The van der Waals surface area contributed by atoms with Crippen LogP contribution in [0, 0.1) is 22.7 Å². The van der Waals surface area contributed by atoms with Crippen LogP contribution >= 0.6 is 0 Å². The summed E-state index contributed by atoms with van der Waals surface area (Å²) in [7, 11) is 0. The molecule has 0 aliphatic rings. The van der Waals surface area contributed by atoms with E-state index < -0.39 is 23.3 Å². The molecular weight excluding hydrogens is 194 g/mol. The van der Waals surface area contributed by atoms with Gasteiger partial charge in [0.15, 0.2) is 0 Å². The molecule has 0 aromatic rings. The Morgan fingerprint density at radius 3 is 1.33 bits per heavy atom. The number of nitriles is 2. The van der Waals surface area contributed by atoms with Crippen molar-refractivity contribution in [3.8, 4) is 12.1 Å². The maximum Gasteiger partial charge on any atom is 0.125 e. The predicted octanol–water partition coefficient (Wildman–Crippen LogP) is -0.0978. The van der Waals surface area contributed by atoms with Crippen LogP contribution in [0.2, 0.25) is 0 Å². The minimum atomic E-state index is -1.27. The van der Waals surface area contributed by atoms with Gasteiger partial charge in [-0.1, -0.05) is 0 Å². The second kappa shape index (κ2) is 4.59. The van der Waals surface area contributed by atoms with Crippen molar-refractivity contribution in [2.24, 2.45) is 0 Å². The Labute approximate surface area is 89.9 Å². The third-order valence-electron chi connectivity index (χ3n) is 2.00. The van der Waals surface area contributed by atoms with E-state index in [4.69, 9.17) is 10.5 Å². The van der Waals surface area contributed by atoms with Gasteiger partial charge in [-0.2, -0.15) is 10.5 Å². The number of aliphatic hydroxyl groups is 2. The number of nitrogens with one attached hydrogen (secondary N) is 1. The first kappa shape index (κ1) is 13.9. The van der Waals surface area contributed by atoms with Crippen molar-refractivity contribution in [2.75, 3.05) is 0 Å². The third kappa shape index (κ3) is 4.26. The van der Waals surface area contributed by atoms with Gasteiger partial charge in [0.2, 0.25) is 0 Å². The van der Waals surface area contributed by atoms with E-state index in [0.717, 1.165) is 0 Å². The Bertz CT molecular complexity index is 258. The van der Waals surface area contributed by atoms with Crippen molar-refractivity contribution in [1.82, 2.24) is 5.32 Å². The highest BCUT2D eigenvalue weighted by atomic mass is 16.3. The van der Waals surface area contributed by atoms with E-state index in [0.29, 0.717) is 0 Å². The SMILES string of the molecule is CC(C)(O)C(C#N)NC(C#N)C(C)(C)O. The highest BCUT2D eigenvalue weighted by Gasteiger charge is 2.34. The Morgan fingerprint density at radius 2 is 1.20 bits per heavy atom. The van der Waals surface area contributed by atoms with E-state index in [1.54, 1.807) is 0 Å². The number of nitrogens with zero attached hydrogens (tertiary/aromatic N) is 2. The molecule has 0 fully saturated rings. The minimum Gasteiger partial charge on any atom is -0.388 e. The van der Waals surface area contributed by atoms with Crippen molar-refractivity contribution >= 4 is 0 Å². The summed E-state index contributed by atoms with van der Waals surface area (Å²) in [4.78, 5) is 0. The summed E-state index contributed by atoms with van der Waals surface area (Å²) in [5.74, 6) is 0. The van der Waals surface area contributed by atoms with E-state index in [2.05, 4.69) is 5.32 Å². The zero-order chi connectivity index (χ0) is 12.3. The highest BCUT2D eigenvalue weighted by Crippen LogP contribution is 2.13. The van der Waals surface area contributed by atoms with Crippen LogP contribution < -0.4 is 5.32 Å². The molecule has 0 aromatic heterocycles. The van der Waals surface area contributed by atoms with Crippen LogP contribution in [0.1, 0.15) is 27.7 Å². The van der Waals surface area contributed by atoms with E-state index in [9.17, 15) is 10.2 Å². The average molecular weight is 211 g/mol. The number of rotatable bonds is 4. The molecule has 0 radical (unpaired) electrons. The first-order valence-electron chi connectivity index (χ1n) is 4.63. The van der Waals surface area contributed by atoms with E-state index in [1.807, 2.05) is 12.1 Å². The van der Waals surface area contributed by atoms with Gasteiger partial charge in [-0.05, 0) is 27.7 Å². The molecule has 0 aliphatic carbocycles. The van der Waals surface area contributed by atoms with Crippen molar-refractivity contribution in [2.45, 2.75) is 51.0 Å². The third-order valence-corrected chi connectivity index (χ3v) is 2.00. The molecule has 2 unspecified atom stereocenters. The lowest BCUT2D eigenvalue weighted by Crippen LogP contribution is -2.55. The van der Waals surface area contributed by atoms with Gasteiger partial charge in [-0.25, -0.2) is 0 Å². The molecule has 0 amide bonds. The smallest absolute Gasteiger partial charge is 0.125 e. The largest absolute Gasteiger partial charge is 0.388 e. The molecule has 5 heteroatoms. The average Bonchev–Trinajstić information content (AvgIpc) is 2.01. The molecule has 5 nitrogen and oxygen atoms in total. The fourth-order valence-corrected chi connectivity index (χ4v) is 0.965. The Kier molecular flexibility index (Phi) is 4.24. The monoisotopic (exact) mass is 211 g/mol. The highest BCUT2D eigenvalue weighted by molar-refractivity contribution is 5.09. The molecule has 0 spiro atoms.